The van der Waals surface area contributed by atoms with Crippen LogP contribution in [0.1, 0.15) is 25.0 Å². The van der Waals surface area contributed by atoms with Crippen molar-refractivity contribution < 1.29 is 4.74 Å². The first-order chi connectivity index (χ1) is 9.65. The molecule has 0 atom stereocenters. The quantitative estimate of drug-likeness (QED) is 0.783. The number of ether oxygens (including phenoxy) is 1. The molecule has 2 aromatic rings. The summed E-state index contributed by atoms with van der Waals surface area (Å²) >= 11 is 5.31. The fourth-order valence-corrected chi connectivity index (χ4v) is 3.05. The van der Waals surface area contributed by atoms with E-state index >= 15 is 0 Å². The second-order valence-electron chi connectivity index (χ2n) is 5.03. The minimum atomic E-state index is 0.496. The van der Waals surface area contributed by atoms with E-state index in [2.05, 4.69) is 64.1 Å². The van der Waals surface area contributed by atoms with Gasteiger partial charge in [0, 0.05) is 19.0 Å². The van der Waals surface area contributed by atoms with Gasteiger partial charge in [-0.2, -0.15) is 11.3 Å². The van der Waals surface area contributed by atoms with E-state index in [1.807, 2.05) is 6.07 Å². The molecule has 0 aliphatic heterocycles. The SMILES string of the molecule is CC(C)NCc1ccc(OCCc2ccsc2)c(Br)c1. The Kier molecular flexibility index (Phi) is 6.07. The molecular formula is C16H20BrNOS. The molecule has 1 heterocycles. The Morgan fingerprint density at radius 2 is 2.10 bits per heavy atom. The zero-order chi connectivity index (χ0) is 14.4. The monoisotopic (exact) mass is 353 g/mol. The summed E-state index contributed by atoms with van der Waals surface area (Å²) in [6.07, 6.45) is 0.951. The number of rotatable bonds is 7. The van der Waals surface area contributed by atoms with Gasteiger partial charge in [0.05, 0.1) is 11.1 Å². The smallest absolute Gasteiger partial charge is 0.133 e. The van der Waals surface area contributed by atoms with Crippen molar-refractivity contribution in [1.82, 2.24) is 5.32 Å². The van der Waals surface area contributed by atoms with Crippen LogP contribution in [0.25, 0.3) is 0 Å². The molecule has 108 valence electrons. The standard InChI is InChI=1S/C16H20BrNOS/c1-12(2)18-10-14-3-4-16(15(17)9-14)19-7-5-13-6-8-20-11-13/h3-4,6,8-9,11-12,18H,5,7,10H2,1-2H3. The van der Waals surface area contributed by atoms with Gasteiger partial charge in [-0.1, -0.05) is 19.9 Å². The second kappa shape index (κ2) is 7.81. The molecule has 0 saturated carbocycles. The maximum atomic E-state index is 5.83. The summed E-state index contributed by atoms with van der Waals surface area (Å²) in [5.74, 6) is 0.911. The third kappa shape index (κ3) is 4.93. The molecule has 0 spiro atoms. The Hall–Kier alpha value is -0.840. The number of benzene rings is 1. The van der Waals surface area contributed by atoms with E-state index in [0.29, 0.717) is 12.6 Å². The van der Waals surface area contributed by atoms with E-state index in [-0.39, 0.29) is 0 Å². The van der Waals surface area contributed by atoms with Gasteiger partial charge in [0.15, 0.2) is 0 Å². The van der Waals surface area contributed by atoms with E-state index in [4.69, 9.17) is 4.74 Å². The Morgan fingerprint density at radius 3 is 2.75 bits per heavy atom. The van der Waals surface area contributed by atoms with Gasteiger partial charge in [0.2, 0.25) is 0 Å². The van der Waals surface area contributed by atoms with Gasteiger partial charge in [0.25, 0.3) is 0 Å². The van der Waals surface area contributed by atoms with E-state index in [1.165, 1.54) is 11.1 Å². The third-order valence-corrected chi connectivity index (χ3v) is 4.29. The minimum Gasteiger partial charge on any atom is -0.492 e. The molecule has 2 nitrogen and oxygen atoms in total. The number of hydrogen-bond acceptors (Lipinski definition) is 3. The largest absolute Gasteiger partial charge is 0.492 e. The highest BCUT2D eigenvalue weighted by Gasteiger charge is 2.04. The van der Waals surface area contributed by atoms with Crippen molar-refractivity contribution in [3.05, 3.63) is 50.6 Å². The lowest BCUT2D eigenvalue weighted by Crippen LogP contribution is -2.21. The first-order valence-electron chi connectivity index (χ1n) is 6.81. The molecule has 0 fully saturated rings. The lowest BCUT2D eigenvalue weighted by Gasteiger charge is -2.11. The van der Waals surface area contributed by atoms with E-state index in [9.17, 15) is 0 Å². The molecule has 0 radical (unpaired) electrons. The van der Waals surface area contributed by atoms with Crippen LogP contribution in [-0.4, -0.2) is 12.6 Å². The van der Waals surface area contributed by atoms with Crippen LogP contribution in [0.5, 0.6) is 5.75 Å². The predicted octanol–water partition coefficient (Wildman–Crippen LogP) is 4.63. The van der Waals surface area contributed by atoms with Crippen molar-refractivity contribution in [3.8, 4) is 5.75 Å². The Bertz CT molecular complexity index is 525. The summed E-state index contributed by atoms with van der Waals surface area (Å²) in [7, 11) is 0. The van der Waals surface area contributed by atoms with Crippen LogP contribution in [0, 0.1) is 0 Å². The average Bonchev–Trinajstić information content (AvgIpc) is 2.92. The van der Waals surface area contributed by atoms with Crippen molar-refractivity contribution in [2.24, 2.45) is 0 Å². The van der Waals surface area contributed by atoms with Crippen molar-refractivity contribution in [2.75, 3.05) is 6.61 Å². The fraction of sp³-hybridized carbons (Fsp3) is 0.375. The molecule has 2 rings (SSSR count). The van der Waals surface area contributed by atoms with Gasteiger partial charge >= 0.3 is 0 Å². The summed E-state index contributed by atoms with van der Waals surface area (Å²) in [6.45, 7) is 5.89. The van der Waals surface area contributed by atoms with Crippen LogP contribution in [-0.2, 0) is 13.0 Å². The molecule has 0 aliphatic rings. The van der Waals surface area contributed by atoms with Crippen LogP contribution in [0.3, 0.4) is 0 Å². The molecule has 0 unspecified atom stereocenters. The Balaban J connectivity index is 1.85. The summed E-state index contributed by atoms with van der Waals surface area (Å²) in [5.41, 5.74) is 2.60. The molecule has 1 N–H and O–H groups in total. The molecular weight excluding hydrogens is 334 g/mol. The molecule has 1 aromatic heterocycles. The summed E-state index contributed by atoms with van der Waals surface area (Å²) in [5, 5.41) is 7.67. The zero-order valence-corrected chi connectivity index (χ0v) is 14.3. The van der Waals surface area contributed by atoms with Gasteiger partial charge in [-0.15, -0.1) is 0 Å². The fourth-order valence-electron chi connectivity index (χ4n) is 1.81. The van der Waals surface area contributed by atoms with Gasteiger partial charge in [-0.3, -0.25) is 0 Å². The number of halogens is 1. The van der Waals surface area contributed by atoms with Crippen LogP contribution in [0.2, 0.25) is 0 Å². The normalized spacial score (nSPS) is 11.0. The van der Waals surface area contributed by atoms with E-state index in [0.717, 1.165) is 23.2 Å². The molecule has 20 heavy (non-hydrogen) atoms. The highest BCUT2D eigenvalue weighted by Crippen LogP contribution is 2.26. The first-order valence-corrected chi connectivity index (χ1v) is 8.54. The van der Waals surface area contributed by atoms with Crippen molar-refractivity contribution >= 4 is 27.3 Å². The predicted molar refractivity (Wildman–Crippen MR) is 89.6 cm³/mol. The molecule has 1 aromatic carbocycles. The summed E-state index contributed by atoms with van der Waals surface area (Å²) in [6, 6.07) is 8.91. The maximum Gasteiger partial charge on any atom is 0.133 e. The van der Waals surface area contributed by atoms with Crippen LogP contribution >= 0.6 is 27.3 Å². The average molecular weight is 354 g/mol. The zero-order valence-electron chi connectivity index (χ0n) is 11.9. The maximum absolute atomic E-state index is 5.83. The lowest BCUT2D eigenvalue weighted by atomic mass is 10.2. The Labute approximate surface area is 133 Å². The lowest BCUT2D eigenvalue weighted by molar-refractivity contribution is 0.320. The van der Waals surface area contributed by atoms with Gasteiger partial charge < -0.3 is 10.1 Å². The van der Waals surface area contributed by atoms with Crippen molar-refractivity contribution in [1.29, 1.82) is 0 Å². The van der Waals surface area contributed by atoms with Crippen molar-refractivity contribution in [2.45, 2.75) is 32.9 Å². The van der Waals surface area contributed by atoms with Crippen LogP contribution in [0.4, 0.5) is 0 Å². The second-order valence-corrected chi connectivity index (χ2v) is 6.66. The first kappa shape index (κ1) is 15.5. The summed E-state index contributed by atoms with van der Waals surface area (Å²) < 4.78 is 6.85. The van der Waals surface area contributed by atoms with E-state index < -0.39 is 0 Å². The molecule has 0 saturated heterocycles. The Morgan fingerprint density at radius 1 is 1.25 bits per heavy atom. The topological polar surface area (TPSA) is 21.3 Å². The number of hydrogen-bond donors (Lipinski definition) is 1. The van der Waals surface area contributed by atoms with Crippen molar-refractivity contribution in [3.63, 3.8) is 0 Å². The number of thiophene rings is 1. The molecule has 0 amide bonds. The molecule has 4 heteroatoms. The third-order valence-electron chi connectivity index (χ3n) is 2.94. The molecule has 0 bridgehead atoms. The number of nitrogens with one attached hydrogen (secondary N) is 1. The summed E-state index contributed by atoms with van der Waals surface area (Å²) in [4.78, 5) is 0. The van der Waals surface area contributed by atoms with Crippen LogP contribution in [0.15, 0.2) is 39.5 Å². The molecule has 0 aliphatic carbocycles. The van der Waals surface area contributed by atoms with Gasteiger partial charge in [0.1, 0.15) is 5.75 Å². The van der Waals surface area contributed by atoms with E-state index in [1.54, 1.807) is 11.3 Å². The highest BCUT2D eigenvalue weighted by molar-refractivity contribution is 9.10. The minimum absolute atomic E-state index is 0.496. The highest BCUT2D eigenvalue weighted by atomic mass is 79.9. The van der Waals surface area contributed by atoms with Gasteiger partial charge in [-0.25, -0.2) is 0 Å². The van der Waals surface area contributed by atoms with Gasteiger partial charge in [-0.05, 0) is 56.0 Å². The van der Waals surface area contributed by atoms with Crippen LogP contribution < -0.4 is 10.1 Å².